The fourth-order valence-corrected chi connectivity index (χ4v) is 3.65. The van der Waals surface area contributed by atoms with Crippen LogP contribution in [0.3, 0.4) is 0 Å². The van der Waals surface area contributed by atoms with Gasteiger partial charge in [-0.3, -0.25) is 4.79 Å². The smallest absolute Gasteiger partial charge is 0.410 e. The Kier molecular flexibility index (Phi) is 6.24. The molecule has 2 aliphatic heterocycles. The standard InChI is InChI=1S/C21H30N2O4/c1-3-17(2)15-19(24)22-11-9-21(10-12-22)16-23(20(25)27-21)13-14-26-18-7-5-4-6-8-18/h4-8,17H,3,9-16H2,1-2H3. The number of amides is 2. The van der Waals surface area contributed by atoms with Crippen LogP contribution in [-0.2, 0) is 9.53 Å². The molecular weight excluding hydrogens is 344 g/mol. The zero-order chi connectivity index (χ0) is 19.3. The van der Waals surface area contributed by atoms with Crippen LogP contribution in [0.4, 0.5) is 4.79 Å². The first-order valence-corrected chi connectivity index (χ1v) is 9.95. The van der Waals surface area contributed by atoms with E-state index in [9.17, 15) is 9.59 Å². The summed E-state index contributed by atoms with van der Waals surface area (Å²) < 4.78 is 11.4. The molecule has 0 radical (unpaired) electrons. The number of carbonyl (C=O) groups is 2. The van der Waals surface area contributed by atoms with E-state index in [-0.39, 0.29) is 12.0 Å². The molecule has 2 heterocycles. The van der Waals surface area contributed by atoms with Gasteiger partial charge < -0.3 is 19.3 Å². The van der Waals surface area contributed by atoms with Gasteiger partial charge in [-0.25, -0.2) is 4.79 Å². The van der Waals surface area contributed by atoms with Gasteiger partial charge >= 0.3 is 6.09 Å². The molecule has 2 aliphatic rings. The number of ether oxygens (including phenoxy) is 2. The number of benzene rings is 1. The lowest BCUT2D eigenvalue weighted by atomic mass is 9.90. The Bertz CT molecular complexity index is 641. The Hall–Kier alpha value is -2.24. The van der Waals surface area contributed by atoms with Crippen molar-refractivity contribution < 1.29 is 19.1 Å². The Morgan fingerprint density at radius 2 is 1.96 bits per heavy atom. The number of para-hydroxylation sites is 1. The molecule has 3 rings (SSSR count). The molecular formula is C21H30N2O4. The lowest BCUT2D eigenvalue weighted by Gasteiger charge is -2.37. The molecule has 1 spiro atoms. The van der Waals surface area contributed by atoms with Gasteiger partial charge in [-0.15, -0.1) is 0 Å². The lowest BCUT2D eigenvalue weighted by Crippen LogP contribution is -2.49. The van der Waals surface area contributed by atoms with Crippen LogP contribution in [0, 0.1) is 5.92 Å². The van der Waals surface area contributed by atoms with Crippen molar-refractivity contribution in [2.24, 2.45) is 5.92 Å². The zero-order valence-electron chi connectivity index (χ0n) is 16.4. The van der Waals surface area contributed by atoms with Crippen molar-refractivity contribution in [1.29, 1.82) is 0 Å². The highest BCUT2D eigenvalue weighted by Crippen LogP contribution is 2.33. The molecule has 6 heteroatoms. The highest BCUT2D eigenvalue weighted by molar-refractivity contribution is 5.76. The van der Waals surface area contributed by atoms with Crippen LogP contribution >= 0.6 is 0 Å². The molecule has 1 atom stereocenters. The molecule has 0 bridgehead atoms. The molecule has 1 aromatic rings. The summed E-state index contributed by atoms with van der Waals surface area (Å²) in [5.41, 5.74) is -0.447. The van der Waals surface area contributed by atoms with Crippen LogP contribution < -0.4 is 4.74 Å². The summed E-state index contributed by atoms with van der Waals surface area (Å²) in [6, 6.07) is 9.58. The van der Waals surface area contributed by atoms with Crippen molar-refractivity contribution in [1.82, 2.24) is 9.80 Å². The average molecular weight is 374 g/mol. The van der Waals surface area contributed by atoms with E-state index in [0.717, 1.165) is 12.2 Å². The van der Waals surface area contributed by atoms with Crippen LogP contribution in [0.2, 0.25) is 0 Å². The summed E-state index contributed by atoms with van der Waals surface area (Å²) >= 11 is 0. The predicted molar refractivity (Wildman–Crippen MR) is 103 cm³/mol. The molecule has 0 aliphatic carbocycles. The SMILES string of the molecule is CCC(C)CC(=O)N1CCC2(CC1)CN(CCOc1ccccc1)C(=O)O2. The first-order chi connectivity index (χ1) is 13.0. The molecule has 148 valence electrons. The maximum Gasteiger partial charge on any atom is 0.410 e. The quantitative estimate of drug-likeness (QED) is 0.735. The second-order valence-corrected chi connectivity index (χ2v) is 7.73. The van der Waals surface area contributed by atoms with Crippen LogP contribution in [0.15, 0.2) is 30.3 Å². The first kappa shape index (κ1) is 19.5. The highest BCUT2D eigenvalue weighted by atomic mass is 16.6. The normalized spacial score (nSPS) is 19.9. The van der Waals surface area contributed by atoms with Gasteiger partial charge in [0.25, 0.3) is 0 Å². The fraction of sp³-hybridized carbons (Fsp3) is 0.619. The molecule has 0 saturated carbocycles. The van der Waals surface area contributed by atoms with Crippen molar-refractivity contribution in [3.05, 3.63) is 30.3 Å². The van der Waals surface area contributed by atoms with Gasteiger partial charge in [0.1, 0.15) is 18.0 Å². The van der Waals surface area contributed by atoms with Crippen LogP contribution in [-0.4, -0.2) is 60.2 Å². The number of hydrogen-bond acceptors (Lipinski definition) is 4. The summed E-state index contributed by atoms with van der Waals surface area (Å²) in [6.07, 6.45) is 2.76. The maximum atomic E-state index is 12.4. The van der Waals surface area contributed by atoms with E-state index in [1.165, 1.54) is 0 Å². The minimum Gasteiger partial charge on any atom is -0.492 e. The van der Waals surface area contributed by atoms with Crippen molar-refractivity contribution in [2.75, 3.05) is 32.8 Å². The molecule has 2 fully saturated rings. The molecule has 0 aromatic heterocycles. The molecule has 6 nitrogen and oxygen atoms in total. The minimum absolute atomic E-state index is 0.219. The highest BCUT2D eigenvalue weighted by Gasteiger charge is 2.47. The largest absolute Gasteiger partial charge is 0.492 e. The van der Waals surface area contributed by atoms with E-state index >= 15 is 0 Å². The van der Waals surface area contributed by atoms with Gasteiger partial charge in [0.15, 0.2) is 0 Å². The van der Waals surface area contributed by atoms with Gasteiger partial charge in [0, 0.05) is 32.4 Å². The molecule has 2 amide bonds. The number of likely N-dealkylation sites (tertiary alicyclic amines) is 1. The van der Waals surface area contributed by atoms with Gasteiger partial charge in [-0.05, 0) is 18.1 Å². The molecule has 27 heavy (non-hydrogen) atoms. The predicted octanol–water partition coefficient (Wildman–Crippen LogP) is 3.32. The molecule has 1 aromatic carbocycles. The molecule has 0 N–H and O–H groups in total. The summed E-state index contributed by atoms with van der Waals surface area (Å²) in [6.45, 7) is 7.07. The lowest BCUT2D eigenvalue weighted by molar-refractivity contribution is -0.135. The van der Waals surface area contributed by atoms with Gasteiger partial charge in [-0.1, -0.05) is 38.5 Å². The van der Waals surface area contributed by atoms with E-state index in [1.807, 2.05) is 35.2 Å². The van der Waals surface area contributed by atoms with Gasteiger partial charge in [0.2, 0.25) is 5.91 Å². The number of hydrogen-bond donors (Lipinski definition) is 0. The van der Waals surface area contributed by atoms with E-state index in [4.69, 9.17) is 9.47 Å². The summed E-state index contributed by atoms with van der Waals surface area (Å²) in [4.78, 5) is 28.3. The van der Waals surface area contributed by atoms with Crippen molar-refractivity contribution in [2.45, 2.75) is 45.1 Å². The van der Waals surface area contributed by atoms with Gasteiger partial charge in [0.05, 0.1) is 13.1 Å². The first-order valence-electron chi connectivity index (χ1n) is 9.95. The Labute approximate surface area is 161 Å². The molecule has 2 saturated heterocycles. The van der Waals surface area contributed by atoms with Crippen molar-refractivity contribution in [3.63, 3.8) is 0 Å². The monoisotopic (exact) mass is 374 g/mol. The average Bonchev–Trinajstić information content (AvgIpc) is 2.98. The Morgan fingerprint density at radius 1 is 1.26 bits per heavy atom. The third-order valence-electron chi connectivity index (χ3n) is 5.66. The minimum atomic E-state index is -0.447. The van der Waals surface area contributed by atoms with Crippen LogP contribution in [0.25, 0.3) is 0 Å². The second-order valence-electron chi connectivity index (χ2n) is 7.73. The number of rotatable bonds is 7. The summed E-state index contributed by atoms with van der Waals surface area (Å²) in [7, 11) is 0. The summed E-state index contributed by atoms with van der Waals surface area (Å²) in [5.74, 6) is 1.43. The van der Waals surface area contributed by atoms with Crippen LogP contribution in [0.5, 0.6) is 5.75 Å². The fourth-order valence-electron chi connectivity index (χ4n) is 3.65. The number of carbonyl (C=O) groups excluding carboxylic acids is 2. The van der Waals surface area contributed by atoms with E-state index in [2.05, 4.69) is 13.8 Å². The maximum absolute atomic E-state index is 12.4. The Balaban J connectivity index is 1.45. The van der Waals surface area contributed by atoms with Crippen LogP contribution in [0.1, 0.15) is 39.5 Å². The third kappa shape index (κ3) is 4.93. The van der Waals surface area contributed by atoms with E-state index in [1.54, 1.807) is 4.90 Å². The third-order valence-corrected chi connectivity index (χ3v) is 5.66. The van der Waals surface area contributed by atoms with E-state index < -0.39 is 5.60 Å². The second kappa shape index (κ2) is 8.63. The zero-order valence-corrected chi connectivity index (χ0v) is 16.4. The van der Waals surface area contributed by atoms with E-state index in [0.29, 0.717) is 58.0 Å². The number of nitrogens with zero attached hydrogens (tertiary/aromatic N) is 2. The molecule has 1 unspecified atom stereocenters. The van der Waals surface area contributed by atoms with Gasteiger partial charge in [-0.2, -0.15) is 0 Å². The number of piperidine rings is 1. The summed E-state index contributed by atoms with van der Waals surface area (Å²) in [5, 5.41) is 0. The van der Waals surface area contributed by atoms with Crippen molar-refractivity contribution in [3.8, 4) is 5.75 Å². The van der Waals surface area contributed by atoms with Crippen molar-refractivity contribution >= 4 is 12.0 Å². The topological polar surface area (TPSA) is 59.1 Å². The Morgan fingerprint density at radius 3 is 2.63 bits per heavy atom.